The second-order valence-corrected chi connectivity index (χ2v) is 5.00. The van der Waals surface area contributed by atoms with E-state index in [1.807, 2.05) is 0 Å². The molecule has 0 bridgehead atoms. The molecule has 1 aromatic rings. The van der Waals surface area contributed by atoms with Crippen molar-refractivity contribution in [2.45, 2.75) is 6.54 Å². The van der Waals surface area contributed by atoms with Crippen molar-refractivity contribution in [3.05, 3.63) is 35.6 Å². The summed E-state index contributed by atoms with van der Waals surface area (Å²) in [7, 11) is 0. The molecular weight excluding hydrogens is 257 g/mol. The third kappa shape index (κ3) is 4.89. The van der Waals surface area contributed by atoms with Crippen molar-refractivity contribution >= 4 is 0 Å². The van der Waals surface area contributed by atoms with Gasteiger partial charge in [-0.2, -0.15) is 5.26 Å². The molecule has 1 fully saturated rings. The average molecular weight is 277 g/mol. The summed E-state index contributed by atoms with van der Waals surface area (Å²) in [6.45, 7) is 5.37. The van der Waals surface area contributed by atoms with E-state index in [1.54, 1.807) is 12.1 Å². The molecule has 1 heterocycles. The average Bonchev–Trinajstić information content (AvgIpc) is 2.49. The van der Waals surface area contributed by atoms with Crippen LogP contribution in [0.1, 0.15) is 5.56 Å². The Hall–Kier alpha value is -1.48. The number of nitrogens with one attached hydrogen (secondary N) is 1. The maximum Gasteiger partial charge on any atom is 0.123 e. The molecular formula is C15H20FN3O. The molecule has 0 aliphatic carbocycles. The first-order valence-electron chi connectivity index (χ1n) is 6.93. The molecule has 0 aromatic heterocycles. The quantitative estimate of drug-likeness (QED) is 0.853. The SMILES string of the molecule is N#CC(CNCc1ccc(F)cc1)CN1CCOCC1. The molecule has 1 aliphatic heterocycles. The Kier molecular flexibility index (Phi) is 5.93. The highest BCUT2D eigenvalue weighted by atomic mass is 19.1. The summed E-state index contributed by atoms with van der Waals surface area (Å²) < 4.78 is 18.1. The van der Waals surface area contributed by atoms with Gasteiger partial charge < -0.3 is 10.1 Å². The van der Waals surface area contributed by atoms with Crippen LogP contribution in [0.15, 0.2) is 24.3 Å². The third-order valence-electron chi connectivity index (χ3n) is 3.40. The Bertz CT molecular complexity index is 437. The van der Waals surface area contributed by atoms with E-state index in [4.69, 9.17) is 4.74 Å². The van der Waals surface area contributed by atoms with Gasteiger partial charge in [0, 0.05) is 32.7 Å². The van der Waals surface area contributed by atoms with Gasteiger partial charge in [-0.15, -0.1) is 0 Å². The molecule has 1 N–H and O–H groups in total. The topological polar surface area (TPSA) is 48.3 Å². The minimum absolute atomic E-state index is 0.0338. The third-order valence-corrected chi connectivity index (χ3v) is 3.40. The zero-order valence-electron chi connectivity index (χ0n) is 11.5. The molecule has 108 valence electrons. The van der Waals surface area contributed by atoms with Gasteiger partial charge in [-0.1, -0.05) is 12.1 Å². The van der Waals surface area contributed by atoms with Crippen LogP contribution in [0.4, 0.5) is 4.39 Å². The first kappa shape index (κ1) is 14.9. The van der Waals surface area contributed by atoms with E-state index < -0.39 is 0 Å². The van der Waals surface area contributed by atoms with Crippen LogP contribution in [0.5, 0.6) is 0 Å². The van der Waals surface area contributed by atoms with Gasteiger partial charge in [0.05, 0.1) is 25.2 Å². The zero-order valence-corrected chi connectivity index (χ0v) is 11.5. The van der Waals surface area contributed by atoms with E-state index in [-0.39, 0.29) is 11.7 Å². The summed E-state index contributed by atoms with van der Waals surface area (Å²) in [6.07, 6.45) is 0. The van der Waals surface area contributed by atoms with Gasteiger partial charge in [-0.3, -0.25) is 4.90 Å². The van der Waals surface area contributed by atoms with E-state index in [0.29, 0.717) is 13.1 Å². The lowest BCUT2D eigenvalue weighted by molar-refractivity contribution is 0.0338. The van der Waals surface area contributed by atoms with Gasteiger partial charge in [0.1, 0.15) is 5.82 Å². The number of benzene rings is 1. The molecule has 1 atom stereocenters. The first-order chi connectivity index (χ1) is 9.78. The minimum atomic E-state index is -0.226. The monoisotopic (exact) mass is 277 g/mol. The van der Waals surface area contributed by atoms with Crippen LogP contribution >= 0.6 is 0 Å². The maximum absolute atomic E-state index is 12.8. The second-order valence-electron chi connectivity index (χ2n) is 5.00. The molecule has 5 heteroatoms. The largest absolute Gasteiger partial charge is 0.379 e. The van der Waals surface area contributed by atoms with Gasteiger partial charge in [0.25, 0.3) is 0 Å². The van der Waals surface area contributed by atoms with Crippen molar-refractivity contribution < 1.29 is 9.13 Å². The number of morpholine rings is 1. The van der Waals surface area contributed by atoms with E-state index in [1.165, 1.54) is 12.1 Å². The molecule has 0 radical (unpaired) electrons. The number of ether oxygens (including phenoxy) is 1. The molecule has 1 aromatic carbocycles. The van der Waals surface area contributed by atoms with Crippen LogP contribution in [0.3, 0.4) is 0 Å². The Morgan fingerprint density at radius 1 is 1.30 bits per heavy atom. The van der Waals surface area contributed by atoms with Crippen molar-refractivity contribution in [2.24, 2.45) is 5.92 Å². The van der Waals surface area contributed by atoms with E-state index in [0.717, 1.165) is 38.4 Å². The second kappa shape index (κ2) is 7.95. The van der Waals surface area contributed by atoms with Crippen LogP contribution in [0.2, 0.25) is 0 Å². The van der Waals surface area contributed by atoms with Crippen molar-refractivity contribution in [1.82, 2.24) is 10.2 Å². The van der Waals surface area contributed by atoms with Crippen LogP contribution in [0, 0.1) is 23.1 Å². The summed E-state index contributed by atoms with van der Waals surface area (Å²) in [5.41, 5.74) is 1.02. The van der Waals surface area contributed by atoms with Crippen LogP contribution in [0.25, 0.3) is 0 Å². The molecule has 2 rings (SSSR count). The van der Waals surface area contributed by atoms with Crippen molar-refractivity contribution in [1.29, 1.82) is 5.26 Å². The first-order valence-corrected chi connectivity index (χ1v) is 6.93. The lowest BCUT2D eigenvalue weighted by Gasteiger charge is -2.28. The Balaban J connectivity index is 1.70. The highest BCUT2D eigenvalue weighted by Crippen LogP contribution is 2.05. The molecule has 1 aliphatic rings. The molecule has 0 amide bonds. The van der Waals surface area contributed by atoms with E-state index >= 15 is 0 Å². The zero-order chi connectivity index (χ0) is 14.2. The highest BCUT2D eigenvalue weighted by molar-refractivity contribution is 5.15. The summed E-state index contributed by atoms with van der Waals surface area (Å²) in [5, 5.41) is 12.5. The normalized spacial score (nSPS) is 17.6. The van der Waals surface area contributed by atoms with Gasteiger partial charge in [0.15, 0.2) is 0 Å². The summed E-state index contributed by atoms with van der Waals surface area (Å²) in [6, 6.07) is 8.75. The Morgan fingerprint density at radius 2 is 2.00 bits per heavy atom. The molecule has 1 unspecified atom stereocenters. The number of nitrogens with zero attached hydrogens (tertiary/aromatic N) is 2. The van der Waals surface area contributed by atoms with Gasteiger partial charge in [-0.05, 0) is 17.7 Å². The number of halogens is 1. The maximum atomic E-state index is 12.8. The lowest BCUT2D eigenvalue weighted by atomic mass is 10.1. The number of hydrogen-bond donors (Lipinski definition) is 1. The van der Waals surface area contributed by atoms with E-state index in [2.05, 4.69) is 16.3 Å². The Morgan fingerprint density at radius 3 is 2.65 bits per heavy atom. The summed E-state index contributed by atoms with van der Waals surface area (Å²) in [4.78, 5) is 2.26. The van der Waals surface area contributed by atoms with Crippen molar-refractivity contribution in [3.8, 4) is 6.07 Å². The predicted molar refractivity (Wildman–Crippen MR) is 74.5 cm³/mol. The Labute approximate surface area is 119 Å². The van der Waals surface area contributed by atoms with Gasteiger partial charge >= 0.3 is 0 Å². The highest BCUT2D eigenvalue weighted by Gasteiger charge is 2.16. The summed E-state index contributed by atoms with van der Waals surface area (Å²) >= 11 is 0. The lowest BCUT2D eigenvalue weighted by Crippen LogP contribution is -2.41. The van der Waals surface area contributed by atoms with Gasteiger partial charge in [0.2, 0.25) is 0 Å². The fraction of sp³-hybridized carbons (Fsp3) is 0.533. The molecule has 0 spiro atoms. The minimum Gasteiger partial charge on any atom is -0.379 e. The van der Waals surface area contributed by atoms with Crippen LogP contribution in [-0.2, 0) is 11.3 Å². The standard InChI is InChI=1S/C15H20FN3O/c16-15-3-1-13(2-4-15)10-18-11-14(9-17)12-19-5-7-20-8-6-19/h1-4,14,18H,5-8,10-12H2. The van der Waals surface area contributed by atoms with Crippen LogP contribution in [-0.4, -0.2) is 44.3 Å². The summed E-state index contributed by atoms with van der Waals surface area (Å²) in [5.74, 6) is -0.260. The fourth-order valence-corrected chi connectivity index (χ4v) is 2.24. The molecule has 0 saturated carbocycles. The van der Waals surface area contributed by atoms with Crippen molar-refractivity contribution in [3.63, 3.8) is 0 Å². The molecule has 20 heavy (non-hydrogen) atoms. The predicted octanol–water partition coefficient (Wildman–Crippen LogP) is 1.39. The number of rotatable bonds is 6. The number of nitriles is 1. The molecule has 1 saturated heterocycles. The molecule has 4 nitrogen and oxygen atoms in total. The van der Waals surface area contributed by atoms with Crippen LogP contribution < -0.4 is 5.32 Å². The fourth-order valence-electron chi connectivity index (χ4n) is 2.24. The van der Waals surface area contributed by atoms with Gasteiger partial charge in [-0.25, -0.2) is 4.39 Å². The van der Waals surface area contributed by atoms with Crippen molar-refractivity contribution in [2.75, 3.05) is 39.4 Å². The van der Waals surface area contributed by atoms with E-state index in [9.17, 15) is 9.65 Å². The number of hydrogen-bond acceptors (Lipinski definition) is 4. The smallest absolute Gasteiger partial charge is 0.123 e.